The van der Waals surface area contributed by atoms with E-state index in [-0.39, 0.29) is 0 Å². The van der Waals surface area contributed by atoms with Gasteiger partial charge in [-0.3, -0.25) is 0 Å². The predicted octanol–water partition coefficient (Wildman–Crippen LogP) is 4.39. The molecular weight excluding hydrogens is 282 g/mol. The standard InChI is InChI=1S/C17H23NO2S/c1-12(2)18-10-15-9-14(13(3)20-15)11-19-16-7-5-6-8-17(16)21-4/h5-9,12,18H,10-11H2,1-4H3. The van der Waals surface area contributed by atoms with E-state index in [1.54, 1.807) is 11.8 Å². The van der Waals surface area contributed by atoms with Gasteiger partial charge in [-0.25, -0.2) is 0 Å². The lowest BCUT2D eigenvalue weighted by Crippen LogP contribution is -2.21. The number of thioether (sulfide) groups is 1. The van der Waals surface area contributed by atoms with Crippen molar-refractivity contribution in [1.29, 1.82) is 0 Å². The number of aryl methyl sites for hydroxylation is 1. The number of ether oxygens (including phenoxy) is 1. The van der Waals surface area contributed by atoms with Gasteiger partial charge in [0.15, 0.2) is 0 Å². The number of rotatable bonds is 7. The third-order valence-corrected chi connectivity index (χ3v) is 3.99. The van der Waals surface area contributed by atoms with Crippen LogP contribution in [-0.2, 0) is 13.2 Å². The Hall–Kier alpha value is -1.39. The SMILES string of the molecule is CSc1ccccc1OCc1cc(CNC(C)C)oc1C. The fourth-order valence-corrected chi connectivity index (χ4v) is 2.56. The van der Waals surface area contributed by atoms with E-state index in [0.29, 0.717) is 12.6 Å². The third-order valence-electron chi connectivity index (χ3n) is 3.21. The van der Waals surface area contributed by atoms with Crippen LogP contribution < -0.4 is 10.1 Å². The molecule has 0 amide bonds. The van der Waals surface area contributed by atoms with Crippen molar-refractivity contribution in [2.75, 3.05) is 6.26 Å². The molecule has 114 valence electrons. The van der Waals surface area contributed by atoms with Crippen molar-refractivity contribution in [2.24, 2.45) is 0 Å². The first-order valence-corrected chi connectivity index (χ1v) is 8.40. The molecule has 0 saturated heterocycles. The zero-order valence-electron chi connectivity index (χ0n) is 13.1. The molecule has 0 aliphatic heterocycles. The summed E-state index contributed by atoms with van der Waals surface area (Å²) in [4.78, 5) is 1.15. The van der Waals surface area contributed by atoms with Crippen molar-refractivity contribution in [3.63, 3.8) is 0 Å². The van der Waals surface area contributed by atoms with Gasteiger partial charge in [0.1, 0.15) is 23.9 Å². The van der Waals surface area contributed by atoms with Crippen molar-refractivity contribution in [3.8, 4) is 5.75 Å². The summed E-state index contributed by atoms with van der Waals surface area (Å²) in [6.45, 7) is 7.52. The van der Waals surface area contributed by atoms with E-state index in [1.165, 1.54) is 0 Å². The van der Waals surface area contributed by atoms with Gasteiger partial charge in [0.2, 0.25) is 0 Å². The molecule has 3 nitrogen and oxygen atoms in total. The molecule has 21 heavy (non-hydrogen) atoms. The quantitative estimate of drug-likeness (QED) is 0.770. The minimum Gasteiger partial charge on any atom is -0.488 e. The number of para-hydroxylation sites is 1. The van der Waals surface area contributed by atoms with Gasteiger partial charge < -0.3 is 14.5 Å². The molecule has 0 spiro atoms. The van der Waals surface area contributed by atoms with Crippen LogP contribution in [0.2, 0.25) is 0 Å². The number of hydrogen-bond donors (Lipinski definition) is 1. The third kappa shape index (κ3) is 4.55. The summed E-state index contributed by atoms with van der Waals surface area (Å²) in [5.74, 6) is 2.81. The van der Waals surface area contributed by atoms with Crippen LogP contribution >= 0.6 is 11.8 Å². The number of hydrogen-bond acceptors (Lipinski definition) is 4. The minimum absolute atomic E-state index is 0.448. The second kappa shape index (κ2) is 7.57. The molecule has 1 aromatic carbocycles. The number of nitrogens with one attached hydrogen (secondary N) is 1. The van der Waals surface area contributed by atoms with Gasteiger partial charge in [0, 0.05) is 16.5 Å². The summed E-state index contributed by atoms with van der Waals surface area (Å²) in [6.07, 6.45) is 2.06. The first-order valence-electron chi connectivity index (χ1n) is 7.17. The van der Waals surface area contributed by atoms with Gasteiger partial charge in [-0.15, -0.1) is 11.8 Å². The van der Waals surface area contributed by atoms with Gasteiger partial charge in [-0.2, -0.15) is 0 Å². The van der Waals surface area contributed by atoms with Crippen LogP contribution in [0.4, 0.5) is 0 Å². The van der Waals surface area contributed by atoms with E-state index in [1.807, 2.05) is 25.1 Å². The molecule has 1 aromatic heterocycles. The minimum atomic E-state index is 0.448. The zero-order valence-corrected chi connectivity index (χ0v) is 13.9. The van der Waals surface area contributed by atoms with Crippen molar-refractivity contribution in [2.45, 2.75) is 44.9 Å². The van der Waals surface area contributed by atoms with Gasteiger partial charge in [-0.05, 0) is 31.4 Å². The van der Waals surface area contributed by atoms with E-state index in [2.05, 4.69) is 37.6 Å². The summed E-state index contributed by atoms with van der Waals surface area (Å²) >= 11 is 1.69. The average Bonchev–Trinajstić information content (AvgIpc) is 2.83. The predicted molar refractivity (Wildman–Crippen MR) is 88.0 cm³/mol. The molecule has 1 heterocycles. The van der Waals surface area contributed by atoms with Crippen molar-refractivity contribution in [3.05, 3.63) is 47.4 Å². The average molecular weight is 305 g/mol. The highest BCUT2D eigenvalue weighted by Gasteiger charge is 2.09. The van der Waals surface area contributed by atoms with Gasteiger partial charge >= 0.3 is 0 Å². The second-order valence-corrected chi connectivity index (χ2v) is 6.12. The van der Waals surface area contributed by atoms with E-state index in [4.69, 9.17) is 9.15 Å². The van der Waals surface area contributed by atoms with Gasteiger partial charge in [0.05, 0.1) is 6.54 Å². The first kappa shape index (κ1) is 16.0. The molecule has 2 aromatic rings. The monoisotopic (exact) mass is 305 g/mol. The largest absolute Gasteiger partial charge is 0.488 e. The van der Waals surface area contributed by atoms with Crippen LogP contribution in [0.3, 0.4) is 0 Å². The molecule has 0 radical (unpaired) electrons. The van der Waals surface area contributed by atoms with Gasteiger partial charge in [0.25, 0.3) is 0 Å². The molecule has 4 heteroatoms. The molecule has 0 saturated carbocycles. The van der Waals surface area contributed by atoms with E-state index < -0.39 is 0 Å². The van der Waals surface area contributed by atoms with Crippen molar-refractivity contribution in [1.82, 2.24) is 5.32 Å². The zero-order chi connectivity index (χ0) is 15.2. The topological polar surface area (TPSA) is 34.4 Å². The normalized spacial score (nSPS) is 11.1. The molecule has 1 N–H and O–H groups in total. The van der Waals surface area contributed by atoms with E-state index in [0.717, 1.165) is 34.3 Å². The fourth-order valence-electron chi connectivity index (χ4n) is 2.02. The maximum Gasteiger partial charge on any atom is 0.133 e. The first-order chi connectivity index (χ1) is 10.1. The summed E-state index contributed by atoms with van der Waals surface area (Å²) < 4.78 is 11.7. The molecule has 0 bridgehead atoms. The molecule has 0 fully saturated rings. The fraction of sp³-hybridized carbons (Fsp3) is 0.412. The summed E-state index contributed by atoms with van der Waals surface area (Å²) in [7, 11) is 0. The lowest BCUT2D eigenvalue weighted by Gasteiger charge is -2.08. The maximum absolute atomic E-state index is 5.93. The maximum atomic E-state index is 5.93. The Bertz CT molecular complexity index is 578. The Balaban J connectivity index is 2.00. The highest BCUT2D eigenvalue weighted by molar-refractivity contribution is 7.98. The Morgan fingerprint density at radius 2 is 2.05 bits per heavy atom. The number of furan rings is 1. The second-order valence-electron chi connectivity index (χ2n) is 5.27. The Labute approximate surface area is 131 Å². The van der Waals surface area contributed by atoms with Gasteiger partial charge in [-0.1, -0.05) is 26.0 Å². The Morgan fingerprint density at radius 3 is 2.76 bits per heavy atom. The Morgan fingerprint density at radius 1 is 1.29 bits per heavy atom. The highest BCUT2D eigenvalue weighted by Crippen LogP contribution is 2.28. The summed E-state index contributed by atoms with van der Waals surface area (Å²) in [5, 5.41) is 3.36. The molecular formula is C17H23NO2S. The van der Waals surface area contributed by atoms with Crippen LogP contribution in [0, 0.1) is 6.92 Å². The van der Waals surface area contributed by atoms with Crippen LogP contribution in [0.25, 0.3) is 0 Å². The van der Waals surface area contributed by atoms with Crippen LogP contribution in [0.5, 0.6) is 5.75 Å². The lowest BCUT2D eigenvalue weighted by atomic mass is 10.2. The smallest absolute Gasteiger partial charge is 0.133 e. The summed E-state index contributed by atoms with van der Waals surface area (Å²) in [5.41, 5.74) is 1.10. The van der Waals surface area contributed by atoms with Crippen LogP contribution in [0.15, 0.2) is 39.6 Å². The van der Waals surface area contributed by atoms with E-state index >= 15 is 0 Å². The molecule has 2 rings (SSSR count). The molecule has 0 aliphatic carbocycles. The van der Waals surface area contributed by atoms with Crippen LogP contribution in [-0.4, -0.2) is 12.3 Å². The molecule has 0 atom stereocenters. The van der Waals surface area contributed by atoms with Crippen molar-refractivity contribution < 1.29 is 9.15 Å². The summed E-state index contributed by atoms with van der Waals surface area (Å²) in [6, 6.07) is 10.6. The van der Waals surface area contributed by atoms with Crippen molar-refractivity contribution >= 4 is 11.8 Å². The highest BCUT2D eigenvalue weighted by atomic mass is 32.2. The Kier molecular flexibility index (Phi) is 5.76. The van der Waals surface area contributed by atoms with Crippen LogP contribution in [0.1, 0.15) is 30.9 Å². The lowest BCUT2D eigenvalue weighted by molar-refractivity contribution is 0.296. The molecule has 0 aliphatic rings. The van der Waals surface area contributed by atoms with E-state index in [9.17, 15) is 0 Å². The number of benzene rings is 1. The molecule has 0 unspecified atom stereocenters.